The molecule has 4 nitrogen and oxygen atoms in total. The van der Waals surface area contributed by atoms with E-state index >= 15 is 0 Å². The maximum atomic E-state index is 12.0. The average molecular weight is 293 g/mol. The molecule has 2 N–H and O–H groups in total. The third-order valence-corrected chi connectivity index (χ3v) is 3.99. The largest absolute Gasteiger partial charge is 0.325 e. The van der Waals surface area contributed by atoms with Gasteiger partial charge in [-0.1, -0.05) is 17.7 Å². The number of fused-ring (bicyclic) bond motifs is 1. The van der Waals surface area contributed by atoms with Gasteiger partial charge in [-0.25, -0.2) is 0 Å². The first-order valence-electron chi connectivity index (χ1n) is 5.60. The van der Waals surface area contributed by atoms with Gasteiger partial charge in [0, 0.05) is 5.69 Å². The first-order valence-corrected chi connectivity index (χ1v) is 6.86. The first kappa shape index (κ1) is 12.2. The summed E-state index contributed by atoms with van der Waals surface area (Å²) < 4.78 is 0. The van der Waals surface area contributed by atoms with Crippen molar-refractivity contribution in [3.05, 3.63) is 45.1 Å². The molecule has 19 heavy (non-hydrogen) atoms. The van der Waals surface area contributed by atoms with Crippen LogP contribution >= 0.6 is 22.9 Å². The predicted molar refractivity (Wildman–Crippen MR) is 76.1 cm³/mol. The Hall–Kier alpha value is -1.85. The molecule has 0 radical (unpaired) electrons. The van der Waals surface area contributed by atoms with Gasteiger partial charge in [0.15, 0.2) is 0 Å². The second kappa shape index (κ2) is 4.68. The molecule has 0 bridgehead atoms. The van der Waals surface area contributed by atoms with Crippen molar-refractivity contribution in [3.8, 4) is 0 Å². The molecule has 0 unspecified atom stereocenters. The Kier molecular flexibility index (Phi) is 3.00. The summed E-state index contributed by atoms with van der Waals surface area (Å²) in [6.07, 6.45) is 0.314. The highest BCUT2D eigenvalue weighted by atomic mass is 35.5. The number of hydrogen-bond acceptors (Lipinski definition) is 3. The maximum absolute atomic E-state index is 12.0. The summed E-state index contributed by atoms with van der Waals surface area (Å²) >= 11 is 7.46. The summed E-state index contributed by atoms with van der Waals surface area (Å²) in [4.78, 5) is 23.9. The van der Waals surface area contributed by atoms with E-state index in [0.717, 1.165) is 5.56 Å². The van der Waals surface area contributed by atoms with Gasteiger partial charge in [-0.3, -0.25) is 9.59 Å². The van der Waals surface area contributed by atoms with Gasteiger partial charge in [0.2, 0.25) is 5.91 Å². The number of thiophene rings is 1. The molecule has 0 aliphatic carbocycles. The van der Waals surface area contributed by atoms with Crippen molar-refractivity contribution in [1.82, 2.24) is 0 Å². The summed E-state index contributed by atoms with van der Waals surface area (Å²) in [5.74, 6) is -0.262. The molecule has 1 aliphatic rings. The number of nitrogens with one attached hydrogen (secondary N) is 2. The zero-order chi connectivity index (χ0) is 13.4. The number of amides is 2. The second-order valence-electron chi connectivity index (χ2n) is 4.15. The van der Waals surface area contributed by atoms with Crippen molar-refractivity contribution >= 4 is 46.1 Å². The SMILES string of the molecule is O=C1Cc2cc(NC(=O)c3cccs3)c(Cl)cc2N1. The van der Waals surface area contributed by atoms with E-state index in [1.807, 2.05) is 11.4 Å². The van der Waals surface area contributed by atoms with Crippen molar-refractivity contribution in [2.24, 2.45) is 0 Å². The van der Waals surface area contributed by atoms with E-state index in [2.05, 4.69) is 10.6 Å². The van der Waals surface area contributed by atoms with Crippen LogP contribution in [0.3, 0.4) is 0 Å². The first-order chi connectivity index (χ1) is 9.13. The van der Waals surface area contributed by atoms with Crippen molar-refractivity contribution in [2.75, 3.05) is 10.6 Å². The predicted octanol–water partition coefficient (Wildman–Crippen LogP) is 3.15. The Morgan fingerprint density at radius 2 is 2.26 bits per heavy atom. The van der Waals surface area contributed by atoms with Crippen molar-refractivity contribution < 1.29 is 9.59 Å². The highest BCUT2D eigenvalue weighted by molar-refractivity contribution is 7.12. The molecule has 0 saturated carbocycles. The summed E-state index contributed by atoms with van der Waals surface area (Å²) in [6, 6.07) is 6.95. The van der Waals surface area contributed by atoms with Gasteiger partial charge in [-0.15, -0.1) is 11.3 Å². The lowest BCUT2D eigenvalue weighted by atomic mass is 10.1. The van der Waals surface area contributed by atoms with Crippen LogP contribution in [0.15, 0.2) is 29.6 Å². The monoisotopic (exact) mass is 292 g/mol. The minimum atomic E-state index is -0.200. The second-order valence-corrected chi connectivity index (χ2v) is 5.50. The molecular formula is C13H9ClN2O2S. The fraction of sp³-hybridized carbons (Fsp3) is 0.0769. The molecule has 1 aliphatic heterocycles. The van der Waals surface area contributed by atoms with Gasteiger partial charge in [-0.05, 0) is 29.1 Å². The highest BCUT2D eigenvalue weighted by Crippen LogP contribution is 2.33. The van der Waals surface area contributed by atoms with Gasteiger partial charge < -0.3 is 10.6 Å². The van der Waals surface area contributed by atoms with Gasteiger partial charge in [0.1, 0.15) is 0 Å². The van der Waals surface area contributed by atoms with Crippen LogP contribution in [0.4, 0.5) is 11.4 Å². The van der Waals surface area contributed by atoms with E-state index in [1.165, 1.54) is 11.3 Å². The minimum Gasteiger partial charge on any atom is -0.325 e. The number of carbonyl (C=O) groups is 2. The number of halogens is 1. The molecular weight excluding hydrogens is 284 g/mol. The zero-order valence-electron chi connectivity index (χ0n) is 9.70. The van der Waals surface area contributed by atoms with Crippen molar-refractivity contribution in [2.45, 2.75) is 6.42 Å². The van der Waals surface area contributed by atoms with Crippen molar-refractivity contribution in [1.29, 1.82) is 0 Å². The number of carbonyl (C=O) groups excluding carboxylic acids is 2. The minimum absolute atomic E-state index is 0.0622. The number of anilines is 2. The van der Waals surface area contributed by atoms with Gasteiger partial charge in [0.05, 0.1) is 22.0 Å². The molecule has 3 rings (SSSR count). The molecule has 96 valence electrons. The van der Waals surface area contributed by atoms with E-state index in [-0.39, 0.29) is 11.8 Å². The van der Waals surface area contributed by atoms with Crippen LogP contribution in [0.25, 0.3) is 0 Å². The summed E-state index contributed by atoms with van der Waals surface area (Å²) in [7, 11) is 0. The molecule has 0 spiro atoms. The Labute approximate surface area is 118 Å². The quantitative estimate of drug-likeness (QED) is 0.893. The average Bonchev–Trinajstić information content (AvgIpc) is 2.97. The standard InChI is InChI=1S/C13H9ClN2O2S/c14-8-6-9-7(5-12(17)15-9)4-10(8)16-13(18)11-2-1-3-19-11/h1-4,6H,5H2,(H,15,17)(H,16,18). The lowest BCUT2D eigenvalue weighted by Gasteiger charge is -2.08. The molecule has 0 fully saturated rings. The van der Waals surface area contributed by atoms with Crippen molar-refractivity contribution in [3.63, 3.8) is 0 Å². The lowest BCUT2D eigenvalue weighted by molar-refractivity contribution is -0.115. The van der Waals surface area contributed by atoms with Crippen LogP contribution < -0.4 is 10.6 Å². The Balaban J connectivity index is 1.88. The van der Waals surface area contributed by atoms with Crippen LogP contribution in [0.1, 0.15) is 15.2 Å². The normalized spacial score (nSPS) is 13.0. The molecule has 6 heteroatoms. The van der Waals surface area contributed by atoms with Crippen LogP contribution in [0.5, 0.6) is 0 Å². The number of rotatable bonds is 2. The molecule has 1 aromatic carbocycles. The fourth-order valence-corrected chi connectivity index (χ4v) is 2.77. The number of benzene rings is 1. The third-order valence-electron chi connectivity index (χ3n) is 2.81. The third kappa shape index (κ3) is 2.34. The number of hydrogen-bond donors (Lipinski definition) is 2. The summed E-state index contributed by atoms with van der Waals surface area (Å²) in [5.41, 5.74) is 2.08. The topological polar surface area (TPSA) is 58.2 Å². The van der Waals surface area contributed by atoms with E-state index in [4.69, 9.17) is 11.6 Å². The Bertz CT molecular complexity index is 668. The van der Waals surface area contributed by atoms with Crippen LogP contribution in [0.2, 0.25) is 5.02 Å². The molecule has 2 amide bonds. The van der Waals surface area contributed by atoms with E-state index in [1.54, 1.807) is 18.2 Å². The van der Waals surface area contributed by atoms with E-state index in [9.17, 15) is 9.59 Å². The van der Waals surface area contributed by atoms with Gasteiger partial charge in [0.25, 0.3) is 5.91 Å². The Morgan fingerprint density at radius 3 is 3.00 bits per heavy atom. The van der Waals surface area contributed by atoms with E-state index < -0.39 is 0 Å². The highest BCUT2D eigenvalue weighted by Gasteiger charge is 2.20. The molecule has 0 atom stereocenters. The van der Waals surface area contributed by atoms with Gasteiger partial charge >= 0.3 is 0 Å². The zero-order valence-corrected chi connectivity index (χ0v) is 11.3. The molecule has 2 aromatic rings. The van der Waals surface area contributed by atoms with Gasteiger partial charge in [-0.2, -0.15) is 0 Å². The fourth-order valence-electron chi connectivity index (χ4n) is 1.94. The maximum Gasteiger partial charge on any atom is 0.265 e. The smallest absolute Gasteiger partial charge is 0.265 e. The lowest BCUT2D eigenvalue weighted by Crippen LogP contribution is -2.10. The molecule has 1 aromatic heterocycles. The van der Waals surface area contributed by atoms with Crippen LogP contribution in [0, 0.1) is 0 Å². The summed E-state index contributed by atoms with van der Waals surface area (Å²) in [5, 5.41) is 7.71. The Morgan fingerprint density at radius 1 is 1.42 bits per heavy atom. The molecule has 0 saturated heterocycles. The van der Waals surface area contributed by atoms with E-state index in [0.29, 0.717) is 27.7 Å². The van der Waals surface area contributed by atoms with Crippen LogP contribution in [-0.2, 0) is 11.2 Å². The summed E-state index contributed by atoms with van der Waals surface area (Å²) in [6.45, 7) is 0. The molecule has 2 heterocycles. The van der Waals surface area contributed by atoms with Crippen LogP contribution in [-0.4, -0.2) is 11.8 Å².